The van der Waals surface area contributed by atoms with Crippen molar-refractivity contribution < 1.29 is 14.3 Å². The summed E-state index contributed by atoms with van der Waals surface area (Å²) >= 11 is 2.97. The molecule has 2 amide bonds. The second-order valence-electron chi connectivity index (χ2n) is 6.66. The van der Waals surface area contributed by atoms with Crippen LogP contribution in [0.3, 0.4) is 0 Å². The van der Waals surface area contributed by atoms with Crippen LogP contribution >= 0.6 is 23.1 Å². The molecule has 1 aromatic heterocycles. The third-order valence-electron chi connectivity index (χ3n) is 3.41. The molecule has 25 heavy (non-hydrogen) atoms. The molecule has 2 aromatic rings. The number of amides is 2. The Kier molecular flexibility index (Phi) is 5.06. The van der Waals surface area contributed by atoms with Crippen LogP contribution in [0.5, 0.6) is 0 Å². The number of fused-ring (bicyclic) bond motifs is 1. The predicted molar refractivity (Wildman–Crippen MR) is 103 cm³/mol. The zero-order chi connectivity index (χ0) is 18.0. The van der Waals surface area contributed by atoms with E-state index in [4.69, 9.17) is 4.74 Å². The fourth-order valence-electron chi connectivity index (χ4n) is 2.40. The summed E-state index contributed by atoms with van der Waals surface area (Å²) in [5, 5.41) is 3.44. The average molecular weight is 377 g/mol. The predicted octanol–water partition coefficient (Wildman–Crippen LogP) is 4.73. The lowest BCUT2D eigenvalue weighted by Crippen LogP contribution is -2.34. The molecule has 132 valence electrons. The fourth-order valence-corrected chi connectivity index (χ4v) is 4.59. The number of rotatable bonds is 3. The van der Waals surface area contributed by atoms with E-state index >= 15 is 0 Å². The SMILES string of the molecule is CC(C)(C)OC(=O)Nc1cc2c(s1)SCC(=O)N2Cc1ccccc1. The third-order valence-corrected chi connectivity index (χ3v) is 5.71. The normalized spacial score (nSPS) is 14.2. The number of hydrogen-bond acceptors (Lipinski definition) is 5. The Morgan fingerprint density at radius 2 is 2.00 bits per heavy atom. The van der Waals surface area contributed by atoms with Crippen LogP contribution in [0.15, 0.2) is 40.6 Å². The number of thiophene rings is 1. The summed E-state index contributed by atoms with van der Waals surface area (Å²) in [6.07, 6.45) is -0.489. The molecule has 3 rings (SSSR count). The van der Waals surface area contributed by atoms with Gasteiger partial charge >= 0.3 is 6.09 Å². The Labute approximate surface area is 155 Å². The number of nitrogens with one attached hydrogen (secondary N) is 1. The van der Waals surface area contributed by atoms with Crippen molar-refractivity contribution in [2.24, 2.45) is 0 Å². The van der Waals surface area contributed by atoms with Gasteiger partial charge in [0, 0.05) is 0 Å². The first-order valence-corrected chi connectivity index (χ1v) is 9.73. The quantitative estimate of drug-likeness (QED) is 0.841. The van der Waals surface area contributed by atoms with Gasteiger partial charge in [0.1, 0.15) is 10.6 Å². The second-order valence-corrected chi connectivity index (χ2v) is 8.96. The smallest absolute Gasteiger partial charge is 0.412 e. The minimum absolute atomic E-state index is 0.0722. The highest BCUT2D eigenvalue weighted by molar-refractivity contribution is 8.02. The molecule has 0 atom stereocenters. The molecule has 1 N–H and O–H groups in total. The Hall–Kier alpha value is -1.99. The molecule has 0 saturated heterocycles. The van der Waals surface area contributed by atoms with Crippen molar-refractivity contribution >= 4 is 45.8 Å². The molecule has 0 aliphatic carbocycles. The van der Waals surface area contributed by atoms with E-state index < -0.39 is 11.7 Å². The number of hydrogen-bond donors (Lipinski definition) is 1. The Balaban J connectivity index is 1.78. The van der Waals surface area contributed by atoms with Crippen molar-refractivity contribution in [2.75, 3.05) is 16.0 Å². The summed E-state index contributed by atoms with van der Waals surface area (Å²) in [4.78, 5) is 26.1. The fraction of sp³-hybridized carbons (Fsp3) is 0.333. The topological polar surface area (TPSA) is 58.6 Å². The molecule has 1 aliphatic rings. The van der Waals surface area contributed by atoms with Crippen LogP contribution in [-0.2, 0) is 16.1 Å². The van der Waals surface area contributed by atoms with Gasteiger partial charge in [-0.05, 0) is 32.4 Å². The molecule has 7 heteroatoms. The number of anilines is 2. The van der Waals surface area contributed by atoms with Crippen molar-refractivity contribution in [2.45, 2.75) is 37.1 Å². The molecule has 0 radical (unpaired) electrons. The third kappa shape index (κ3) is 4.55. The summed E-state index contributed by atoms with van der Waals surface area (Å²) in [5.74, 6) is 0.481. The van der Waals surface area contributed by atoms with Crippen LogP contribution in [-0.4, -0.2) is 23.4 Å². The lowest BCUT2D eigenvalue weighted by atomic mass is 10.2. The van der Waals surface area contributed by atoms with E-state index in [1.54, 1.807) is 4.90 Å². The van der Waals surface area contributed by atoms with E-state index in [1.807, 2.05) is 57.2 Å². The lowest BCUT2D eigenvalue weighted by Gasteiger charge is -2.26. The zero-order valence-electron chi connectivity index (χ0n) is 14.4. The van der Waals surface area contributed by atoms with Gasteiger partial charge in [0.15, 0.2) is 0 Å². The maximum Gasteiger partial charge on any atom is 0.412 e. The number of thioether (sulfide) groups is 1. The van der Waals surface area contributed by atoms with Crippen LogP contribution < -0.4 is 10.2 Å². The molecule has 2 heterocycles. The maximum absolute atomic E-state index is 12.4. The molecular formula is C18H20N2O3S2. The van der Waals surface area contributed by atoms with Gasteiger partial charge in [-0.2, -0.15) is 0 Å². The van der Waals surface area contributed by atoms with Crippen LogP contribution in [0.1, 0.15) is 26.3 Å². The summed E-state index contributed by atoms with van der Waals surface area (Å²) in [6, 6.07) is 11.7. The van der Waals surface area contributed by atoms with E-state index in [0.717, 1.165) is 15.5 Å². The van der Waals surface area contributed by atoms with Crippen molar-refractivity contribution in [3.8, 4) is 0 Å². The zero-order valence-corrected chi connectivity index (χ0v) is 16.0. The first-order valence-electron chi connectivity index (χ1n) is 7.93. The van der Waals surface area contributed by atoms with Crippen molar-refractivity contribution in [3.05, 3.63) is 42.0 Å². The first kappa shape index (κ1) is 17.8. The van der Waals surface area contributed by atoms with E-state index in [2.05, 4.69) is 5.32 Å². The molecule has 1 aliphatic heterocycles. The Morgan fingerprint density at radius 3 is 2.68 bits per heavy atom. The summed E-state index contributed by atoms with van der Waals surface area (Å²) in [6.45, 7) is 5.99. The van der Waals surface area contributed by atoms with Crippen molar-refractivity contribution in [1.82, 2.24) is 0 Å². The molecule has 0 fully saturated rings. The number of carbonyl (C=O) groups is 2. The van der Waals surface area contributed by atoms with Gasteiger partial charge in [0.05, 0.1) is 22.2 Å². The van der Waals surface area contributed by atoms with Crippen molar-refractivity contribution in [1.29, 1.82) is 0 Å². The Bertz CT molecular complexity index is 781. The molecule has 0 spiro atoms. The number of nitrogens with zero attached hydrogens (tertiary/aromatic N) is 1. The van der Waals surface area contributed by atoms with Gasteiger partial charge in [-0.25, -0.2) is 4.79 Å². The van der Waals surface area contributed by atoms with E-state index in [0.29, 0.717) is 17.3 Å². The van der Waals surface area contributed by atoms with Gasteiger partial charge in [0.25, 0.3) is 0 Å². The van der Waals surface area contributed by atoms with E-state index in [1.165, 1.54) is 23.1 Å². The molecule has 0 unspecified atom stereocenters. The minimum Gasteiger partial charge on any atom is -0.444 e. The molecular weight excluding hydrogens is 356 g/mol. The van der Waals surface area contributed by atoms with Gasteiger partial charge in [-0.15, -0.1) is 23.1 Å². The summed E-state index contributed by atoms with van der Waals surface area (Å²) < 4.78 is 6.32. The van der Waals surface area contributed by atoms with Crippen molar-refractivity contribution in [3.63, 3.8) is 0 Å². The van der Waals surface area contributed by atoms with Gasteiger partial charge in [-0.1, -0.05) is 30.3 Å². The number of ether oxygens (including phenoxy) is 1. The summed E-state index contributed by atoms with van der Waals surface area (Å²) in [7, 11) is 0. The molecule has 5 nitrogen and oxygen atoms in total. The van der Waals surface area contributed by atoms with Gasteiger partial charge < -0.3 is 9.64 Å². The Morgan fingerprint density at radius 1 is 1.28 bits per heavy atom. The highest BCUT2D eigenvalue weighted by atomic mass is 32.2. The van der Waals surface area contributed by atoms with E-state index in [-0.39, 0.29) is 5.91 Å². The number of benzene rings is 1. The maximum atomic E-state index is 12.4. The van der Waals surface area contributed by atoms with E-state index in [9.17, 15) is 9.59 Å². The van der Waals surface area contributed by atoms with Gasteiger partial charge in [0.2, 0.25) is 5.91 Å². The molecule has 0 saturated carbocycles. The first-order chi connectivity index (χ1) is 11.8. The highest BCUT2D eigenvalue weighted by Gasteiger charge is 2.28. The average Bonchev–Trinajstić information content (AvgIpc) is 2.92. The standard InChI is InChI=1S/C18H20N2O3S2/c1-18(2,3)23-17(22)19-14-9-13-16(25-14)24-11-15(21)20(13)10-12-7-5-4-6-8-12/h4-9H,10-11H2,1-3H3,(H,19,22). The highest BCUT2D eigenvalue weighted by Crippen LogP contribution is 2.44. The monoisotopic (exact) mass is 376 g/mol. The summed E-state index contributed by atoms with van der Waals surface area (Å²) in [5.41, 5.74) is 1.37. The molecule has 0 bridgehead atoms. The lowest BCUT2D eigenvalue weighted by molar-refractivity contribution is -0.116. The van der Waals surface area contributed by atoms with Gasteiger partial charge in [-0.3, -0.25) is 10.1 Å². The van der Waals surface area contributed by atoms with Crippen LogP contribution in [0, 0.1) is 0 Å². The number of carbonyl (C=O) groups excluding carboxylic acids is 2. The molecule has 1 aromatic carbocycles. The largest absolute Gasteiger partial charge is 0.444 e. The van der Waals surface area contributed by atoms with Crippen LogP contribution in [0.4, 0.5) is 15.5 Å². The van der Waals surface area contributed by atoms with Crippen LogP contribution in [0.2, 0.25) is 0 Å². The van der Waals surface area contributed by atoms with Crippen LogP contribution in [0.25, 0.3) is 0 Å². The minimum atomic E-state index is -0.551. The second kappa shape index (κ2) is 7.09.